The Balaban J connectivity index is 1.19. The Morgan fingerprint density at radius 2 is 1.91 bits per heavy atom. The van der Waals surface area contributed by atoms with Crippen LogP contribution in [0, 0.1) is 40.4 Å². The fourth-order valence-electron chi connectivity index (χ4n) is 8.72. The molecule has 0 unspecified atom stereocenters. The molecule has 0 aromatic heterocycles. The third kappa shape index (κ3) is 3.40. The SMILES string of the molecule is C[C@H](/C=C/C(=O)NS(=O)(=O)C1CC1)[C@H]1CC[C@H]2[C@@H]3[C@@H]4O[C@@H]4C4=CC(=O)CC[C@]4(C)[C@H]3CC[C@]12C. The number of hydrogen-bond acceptors (Lipinski definition) is 5. The van der Waals surface area contributed by atoms with Gasteiger partial charge in [-0.15, -0.1) is 0 Å². The van der Waals surface area contributed by atoms with Crippen molar-refractivity contribution in [2.45, 2.75) is 89.6 Å². The fourth-order valence-corrected chi connectivity index (χ4v) is 9.99. The largest absolute Gasteiger partial charge is 0.365 e. The summed E-state index contributed by atoms with van der Waals surface area (Å²) in [6, 6.07) is 0. The van der Waals surface area contributed by atoms with Gasteiger partial charge >= 0.3 is 0 Å². The van der Waals surface area contributed by atoms with E-state index in [1.54, 1.807) is 0 Å². The highest BCUT2D eigenvalue weighted by Gasteiger charge is 2.69. The summed E-state index contributed by atoms with van der Waals surface area (Å²) in [7, 11) is -3.51. The molecule has 0 spiro atoms. The first-order chi connectivity index (χ1) is 16.0. The zero-order valence-corrected chi connectivity index (χ0v) is 21.3. The highest BCUT2D eigenvalue weighted by atomic mass is 32.2. The lowest BCUT2D eigenvalue weighted by Crippen LogP contribution is -2.53. The van der Waals surface area contributed by atoms with Crippen molar-refractivity contribution in [2.75, 3.05) is 0 Å². The van der Waals surface area contributed by atoms with E-state index in [9.17, 15) is 18.0 Å². The summed E-state index contributed by atoms with van der Waals surface area (Å²) in [5, 5.41) is -0.393. The van der Waals surface area contributed by atoms with Gasteiger partial charge in [0, 0.05) is 12.5 Å². The summed E-state index contributed by atoms with van der Waals surface area (Å²) >= 11 is 0. The number of carbonyl (C=O) groups excluding carboxylic acids is 2. The number of allylic oxidation sites excluding steroid dienone is 1. The molecule has 9 atom stereocenters. The van der Waals surface area contributed by atoms with Crippen LogP contribution < -0.4 is 4.72 Å². The molecule has 5 aliphatic carbocycles. The maximum Gasteiger partial charge on any atom is 0.257 e. The zero-order chi connectivity index (χ0) is 24.0. The number of carbonyl (C=O) groups is 2. The molecule has 5 fully saturated rings. The lowest BCUT2D eigenvalue weighted by Gasteiger charge is -2.57. The number of ketones is 1. The van der Waals surface area contributed by atoms with Gasteiger partial charge in [0.25, 0.3) is 5.91 Å². The summed E-state index contributed by atoms with van der Waals surface area (Å²) in [5.74, 6) is 2.14. The monoisotopic (exact) mass is 487 g/mol. The van der Waals surface area contributed by atoms with Crippen molar-refractivity contribution in [1.82, 2.24) is 4.72 Å². The van der Waals surface area contributed by atoms with Gasteiger partial charge in [-0.1, -0.05) is 26.8 Å². The van der Waals surface area contributed by atoms with Crippen LogP contribution in [-0.4, -0.2) is 37.6 Å². The summed E-state index contributed by atoms with van der Waals surface area (Å²) in [6.07, 6.45) is 13.2. The van der Waals surface area contributed by atoms with Crippen LogP contribution in [0.2, 0.25) is 0 Å². The fraction of sp³-hybridized carbons (Fsp3) is 0.778. The smallest absolute Gasteiger partial charge is 0.257 e. The van der Waals surface area contributed by atoms with E-state index in [2.05, 4.69) is 25.5 Å². The van der Waals surface area contributed by atoms with Crippen LogP contribution in [0.3, 0.4) is 0 Å². The van der Waals surface area contributed by atoms with Crippen molar-refractivity contribution in [2.24, 2.45) is 40.4 Å². The second-order valence-electron chi connectivity index (χ2n) is 12.5. The van der Waals surface area contributed by atoms with Gasteiger partial charge in [0.15, 0.2) is 5.78 Å². The van der Waals surface area contributed by atoms with Gasteiger partial charge in [-0.3, -0.25) is 9.59 Å². The van der Waals surface area contributed by atoms with Crippen LogP contribution >= 0.6 is 0 Å². The predicted molar refractivity (Wildman–Crippen MR) is 128 cm³/mol. The zero-order valence-electron chi connectivity index (χ0n) is 20.5. The lowest BCUT2D eigenvalue weighted by atomic mass is 9.46. The van der Waals surface area contributed by atoms with E-state index in [0.717, 1.165) is 19.3 Å². The Bertz CT molecular complexity index is 1090. The Morgan fingerprint density at radius 3 is 2.65 bits per heavy atom. The number of hydrogen-bond donors (Lipinski definition) is 1. The van der Waals surface area contributed by atoms with Crippen molar-refractivity contribution >= 4 is 21.7 Å². The van der Waals surface area contributed by atoms with Gasteiger partial charge in [0.05, 0.1) is 11.4 Å². The maximum absolute atomic E-state index is 12.3. The van der Waals surface area contributed by atoms with E-state index >= 15 is 0 Å². The predicted octanol–water partition coefficient (Wildman–Crippen LogP) is 3.92. The number of epoxide rings is 1. The molecule has 1 amide bonds. The van der Waals surface area contributed by atoms with E-state index in [1.165, 1.54) is 24.5 Å². The molecule has 0 aromatic rings. The molecule has 1 heterocycles. The molecule has 0 bridgehead atoms. The van der Waals surface area contributed by atoms with Gasteiger partial charge < -0.3 is 4.74 Å². The number of ether oxygens (including phenoxy) is 1. The van der Waals surface area contributed by atoms with E-state index in [1.807, 2.05) is 12.2 Å². The summed E-state index contributed by atoms with van der Waals surface area (Å²) < 4.78 is 32.6. The normalized spacial score (nSPS) is 46.1. The standard InChI is InChI=1S/C27H37NO5S/c1-15(4-9-22(30)28-34(31,32)17-5-6-17)18-7-8-19-23-20(11-13-26(18,19)2)27(3)12-10-16(29)14-21(27)24-25(23)33-24/h4,9,14-15,17-20,23-25H,5-8,10-13H2,1-3H3,(H,28,30)/b9-4+/t15-,18-,19+,20+,23+,24-,25+,26-,27-/m1/s1. The van der Waals surface area contributed by atoms with Crippen molar-refractivity contribution in [3.8, 4) is 0 Å². The van der Waals surface area contributed by atoms with Crippen LogP contribution in [0.5, 0.6) is 0 Å². The van der Waals surface area contributed by atoms with Crippen LogP contribution in [0.1, 0.15) is 72.1 Å². The molecular formula is C27H37NO5S. The molecule has 6 aliphatic rings. The number of sulfonamides is 1. The van der Waals surface area contributed by atoms with Crippen molar-refractivity contribution in [3.05, 3.63) is 23.8 Å². The first-order valence-corrected chi connectivity index (χ1v) is 14.7. The summed E-state index contributed by atoms with van der Waals surface area (Å²) in [5.41, 5.74) is 1.56. The molecular weight excluding hydrogens is 450 g/mol. The Kier molecular flexibility index (Phi) is 5.08. The lowest BCUT2D eigenvalue weighted by molar-refractivity contribution is -0.117. The van der Waals surface area contributed by atoms with E-state index in [4.69, 9.17) is 4.74 Å². The molecule has 4 saturated carbocycles. The van der Waals surface area contributed by atoms with E-state index in [0.29, 0.717) is 42.9 Å². The third-order valence-electron chi connectivity index (χ3n) is 10.7. The van der Waals surface area contributed by atoms with Crippen LogP contribution in [0.15, 0.2) is 23.8 Å². The summed E-state index contributed by atoms with van der Waals surface area (Å²) in [6.45, 7) is 7.01. The Hall–Kier alpha value is -1.47. The average Bonchev–Trinajstić information content (AvgIpc) is 3.68. The van der Waals surface area contributed by atoms with Crippen molar-refractivity contribution in [1.29, 1.82) is 0 Å². The average molecular weight is 488 g/mol. The molecule has 34 heavy (non-hydrogen) atoms. The first kappa shape index (κ1) is 23.0. The van der Waals surface area contributed by atoms with Crippen molar-refractivity contribution in [3.63, 3.8) is 0 Å². The van der Waals surface area contributed by atoms with Gasteiger partial charge in [0.1, 0.15) is 6.10 Å². The molecule has 1 saturated heterocycles. The molecule has 6 nitrogen and oxygen atoms in total. The van der Waals surface area contributed by atoms with Gasteiger partial charge in [-0.2, -0.15) is 0 Å². The van der Waals surface area contributed by atoms with Crippen molar-refractivity contribution < 1.29 is 22.7 Å². The second kappa shape index (κ2) is 7.52. The highest BCUT2D eigenvalue weighted by molar-refractivity contribution is 7.91. The Labute approximate surface area is 203 Å². The topological polar surface area (TPSA) is 92.8 Å². The number of rotatable bonds is 5. The van der Waals surface area contributed by atoms with E-state index in [-0.39, 0.29) is 34.7 Å². The van der Waals surface area contributed by atoms with Gasteiger partial charge in [-0.05, 0) is 97.0 Å². The summed E-state index contributed by atoms with van der Waals surface area (Å²) in [4.78, 5) is 24.4. The number of nitrogens with one attached hydrogen (secondary N) is 1. The quantitative estimate of drug-likeness (QED) is 0.469. The molecule has 186 valence electrons. The first-order valence-electron chi connectivity index (χ1n) is 13.2. The molecule has 1 N–H and O–H groups in total. The molecule has 1 aliphatic heterocycles. The van der Waals surface area contributed by atoms with Crippen LogP contribution in [-0.2, 0) is 24.3 Å². The maximum atomic E-state index is 12.3. The molecule has 0 radical (unpaired) electrons. The third-order valence-corrected chi connectivity index (χ3v) is 12.5. The minimum absolute atomic E-state index is 0.0896. The van der Waals surface area contributed by atoms with Crippen LogP contribution in [0.25, 0.3) is 0 Å². The molecule has 0 aromatic carbocycles. The van der Waals surface area contributed by atoms with E-state index < -0.39 is 21.2 Å². The van der Waals surface area contributed by atoms with Gasteiger partial charge in [0.2, 0.25) is 10.0 Å². The Morgan fingerprint density at radius 1 is 1.15 bits per heavy atom. The number of amides is 1. The van der Waals surface area contributed by atoms with Crippen LogP contribution in [0.4, 0.5) is 0 Å². The second-order valence-corrected chi connectivity index (χ2v) is 14.4. The van der Waals surface area contributed by atoms with Gasteiger partial charge in [-0.25, -0.2) is 13.1 Å². The minimum Gasteiger partial charge on any atom is -0.365 e. The minimum atomic E-state index is -3.51. The molecule has 6 rings (SSSR count). The number of fused-ring (bicyclic) bond motifs is 8. The highest BCUT2D eigenvalue weighted by Crippen LogP contribution is 2.70. The molecule has 7 heteroatoms.